The molecule has 1 heterocycles. The Kier molecular flexibility index (Phi) is 6.22. The summed E-state index contributed by atoms with van der Waals surface area (Å²) in [6, 6.07) is 14.2. The molecule has 3 rings (SSSR count). The maximum Gasteiger partial charge on any atom is 0.269 e. The van der Waals surface area contributed by atoms with Gasteiger partial charge in [0.05, 0.1) is 12.9 Å². The molecule has 3 aromatic rings. The van der Waals surface area contributed by atoms with Crippen molar-refractivity contribution < 1.29 is 14.3 Å². The molecule has 10 heteroatoms. The summed E-state index contributed by atoms with van der Waals surface area (Å²) in [5.41, 5.74) is 6.88. The van der Waals surface area contributed by atoms with Gasteiger partial charge in [0.1, 0.15) is 11.4 Å². The highest BCUT2D eigenvalue weighted by Crippen LogP contribution is 2.26. The normalized spacial score (nSPS) is 10.4. The first-order chi connectivity index (χ1) is 13.6. The van der Waals surface area contributed by atoms with Crippen LogP contribution < -0.4 is 15.6 Å². The van der Waals surface area contributed by atoms with Crippen LogP contribution in [0.3, 0.4) is 0 Å². The Balaban J connectivity index is 1.60. The van der Waals surface area contributed by atoms with E-state index in [0.717, 1.165) is 17.3 Å². The minimum atomic E-state index is -0.395. The number of hydrogen-bond acceptors (Lipinski definition) is 7. The van der Waals surface area contributed by atoms with Crippen LogP contribution in [0.4, 0.5) is 0 Å². The molecular weight excluding hydrogens is 380 g/mol. The monoisotopic (exact) mass is 398 g/mol. The van der Waals surface area contributed by atoms with Crippen molar-refractivity contribution in [2.75, 3.05) is 12.9 Å². The molecule has 0 radical (unpaired) electrons. The zero-order chi connectivity index (χ0) is 19.9. The molecule has 0 atom stereocenters. The number of methoxy groups -OCH3 is 1. The second kappa shape index (κ2) is 9.00. The zero-order valence-electron chi connectivity index (χ0n) is 15.2. The third kappa shape index (κ3) is 4.65. The van der Waals surface area contributed by atoms with Crippen LogP contribution in [0.2, 0.25) is 0 Å². The highest BCUT2D eigenvalue weighted by Gasteiger charge is 2.15. The fraction of sp³-hybridized carbons (Fsp3) is 0.167. The van der Waals surface area contributed by atoms with Crippen LogP contribution in [0.25, 0.3) is 5.69 Å². The predicted molar refractivity (Wildman–Crippen MR) is 103 cm³/mol. The molecule has 2 amide bonds. The van der Waals surface area contributed by atoms with E-state index in [9.17, 15) is 9.59 Å². The molecule has 0 aliphatic carbocycles. The van der Waals surface area contributed by atoms with Gasteiger partial charge in [-0.2, -0.15) is 4.68 Å². The van der Waals surface area contributed by atoms with Gasteiger partial charge in [0, 0.05) is 5.56 Å². The van der Waals surface area contributed by atoms with Crippen molar-refractivity contribution in [3.8, 4) is 11.4 Å². The van der Waals surface area contributed by atoms with Gasteiger partial charge >= 0.3 is 0 Å². The lowest BCUT2D eigenvalue weighted by Crippen LogP contribution is -2.42. The van der Waals surface area contributed by atoms with Crippen molar-refractivity contribution in [1.29, 1.82) is 0 Å². The van der Waals surface area contributed by atoms with Crippen LogP contribution >= 0.6 is 11.8 Å². The number of benzene rings is 2. The Labute approximate surface area is 165 Å². The largest absolute Gasteiger partial charge is 0.494 e. The number of hydrazine groups is 1. The lowest BCUT2D eigenvalue weighted by atomic mass is 10.2. The number of nitrogens with zero attached hydrogens (tertiary/aromatic N) is 4. The first-order valence-corrected chi connectivity index (χ1v) is 9.27. The second-order valence-electron chi connectivity index (χ2n) is 5.71. The van der Waals surface area contributed by atoms with Gasteiger partial charge in [0.2, 0.25) is 11.1 Å². The van der Waals surface area contributed by atoms with Crippen molar-refractivity contribution in [3.05, 3.63) is 59.7 Å². The van der Waals surface area contributed by atoms with E-state index in [1.54, 1.807) is 37.4 Å². The minimum absolute atomic E-state index is 0.0174. The van der Waals surface area contributed by atoms with E-state index in [-0.39, 0.29) is 11.7 Å². The summed E-state index contributed by atoms with van der Waals surface area (Å²) < 4.78 is 6.87. The van der Waals surface area contributed by atoms with Crippen LogP contribution in [-0.4, -0.2) is 44.9 Å². The SMILES string of the molecule is COc1ccc(C)cc1-n1nnnc1SCC(=O)NNC(=O)c1ccccc1. The number of carbonyl (C=O) groups is 2. The van der Waals surface area contributed by atoms with Crippen molar-refractivity contribution in [2.24, 2.45) is 0 Å². The van der Waals surface area contributed by atoms with Crippen LogP contribution in [-0.2, 0) is 4.79 Å². The Morgan fingerprint density at radius 2 is 1.93 bits per heavy atom. The van der Waals surface area contributed by atoms with E-state index in [0.29, 0.717) is 22.2 Å². The fourth-order valence-corrected chi connectivity index (χ4v) is 3.02. The quantitative estimate of drug-likeness (QED) is 0.478. The fourth-order valence-electron chi connectivity index (χ4n) is 2.34. The van der Waals surface area contributed by atoms with Crippen molar-refractivity contribution in [2.45, 2.75) is 12.1 Å². The molecule has 0 fully saturated rings. The van der Waals surface area contributed by atoms with Gasteiger partial charge in [0.25, 0.3) is 5.91 Å². The molecule has 0 aliphatic heterocycles. The average molecular weight is 398 g/mol. The summed E-state index contributed by atoms with van der Waals surface area (Å²) >= 11 is 1.14. The highest BCUT2D eigenvalue weighted by atomic mass is 32.2. The molecule has 0 aliphatic rings. The molecule has 0 bridgehead atoms. The zero-order valence-corrected chi connectivity index (χ0v) is 16.1. The number of rotatable bonds is 6. The first-order valence-electron chi connectivity index (χ1n) is 8.29. The number of aryl methyl sites for hydroxylation is 1. The van der Waals surface area contributed by atoms with Gasteiger partial charge in [-0.1, -0.05) is 36.0 Å². The number of ether oxygens (including phenoxy) is 1. The minimum Gasteiger partial charge on any atom is -0.494 e. The molecule has 0 saturated carbocycles. The summed E-state index contributed by atoms with van der Waals surface area (Å²) in [5.74, 6) is -0.156. The van der Waals surface area contributed by atoms with Crippen LogP contribution in [0.5, 0.6) is 5.75 Å². The number of thioether (sulfide) groups is 1. The number of nitrogens with one attached hydrogen (secondary N) is 2. The van der Waals surface area contributed by atoms with Crippen molar-refractivity contribution in [3.63, 3.8) is 0 Å². The summed E-state index contributed by atoms with van der Waals surface area (Å²) in [5, 5.41) is 12.0. The molecule has 1 aromatic heterocycles. The number of amides is 2. The third-order valence-corrected chi connectivity index (χ3v) is 4.61. The topological polar surface area (TPSA) is 111 Å². The van der Waals surface area contributed by atoms with Crippen LogP contribution in [0, 0.1) is 6.92 Å². The molecule has 28 heavy (non-hydrogen) atoms. The van der Waals surface area contributed by atoms with Gasteiger partial charge in [-0.25, -0.2) is 0 Å². The molecular formula is C18H18N6O3S. The van der Waals surface area contributed by atoms with E-state index in [1.807, 2.05) is 25.1 Å². The van der Waals surface area contributed by atoms with Gasteiger partial charge in [0.15, 0.2) is 0 Å². The maximum absolute atomic E-state index is 12.0. The Morgan fingerprint density at radius 1 is 1.14 bits per heavy atom. The van der Waals surface area contributed by atoms with Crippen LogP contribution in [0.1, 0.15) is 15.9 Å². The molecule has 2 N–H and O–H groups in total. The van der Waals surface area contributed by atoms with Crippen molar-refractivity contribution >= 4 is 23.6 Å². The Bertz CT molecular complexity index is 976. The smallest absolute Gasteiger partial charge is 0.269 e. The number of hydrogen-bond donors (Lipinski definition) is 2. The van der Waals surface area contributed by atoms with Crippen LogP contribution in [0.15, 0.2) is 53.7 Å². The summed E-state index contributed by atoms with van der Waals surface area (Å²) in [6.45, 7) is 1.95. The average Bonchev–Trinajstić information content (AvgIpc) is 3.19. The second-order valence-corrected chi connectivity index (χ2v) is 6.65. The van der Waals surface area contributed by atoms with Gasteiger partial charge in [-0.15, -0.1) is 5.10 Å². The van der Waals surface area contributed by atoms with E-state index in [2.05, 4.69) is 26.4 Å². The van der Waals surface area contributed by atoms with E-state index >= 15 is 0 Å². The molecule has 0 unspecified atom stereocenters. The number of carbonyl (C=O) groups excluding carboxylic acids is 2. The van der Waals surface area contributed by atoms with Gasteiger partial charge in [-0.05, 0) is 47.2 Å². The molecule has 144 valence electrons. The van der Waals surface area contributed by atoms with E-state index in [4.69, 9.17) is 4.74 Å². The molecule has 0 spiro atoms. The maximum atomic E-state index is 12.0. The summed E-state index contributed by atoms with van der Waals surface area (Å²) in [4.78, 5) is 24.0. The van der Waals surface area contributed by atoms with Gasteiger partial charge < -0.3 is 4.74 Å². The third-order valence-electron chi connectivity index (χ3n) is 3.69. The Morgan fingerprint density at radius 3 is 2.68 bits per heavy atom. The number of aromatic nitrogens is 4. The van der Waals surface area contributed by atoms with E-state index in [1.165, 1.54) is 4.68 Å². The lowest BCUT2D eigenvalue weighted by Gasteiger charge is -2.10. The molecule has 9 nitrogen and oxygen atoms in total. The van der Waals surface area contributed by atoms with E-state index < -0.39 is 5.91 Å². The highest BCUT2D eigenvalue weighted by molar-refractivity contribution is 7.99. The standard InChI is InChI=1S/C18H18N6O3S/c1-12-8-9-15(27-2)14(10-12)24-18(21-22-23-24)28-11-16(25)19-20-17(26)13-6-4-3-5-7-13/h3-10H,11H2,1-2H3,(H,19,25)(H,20,26). The van der Waals surface area contributed by atoms with Gasteiger partial charge in [-0.3, -0.25) is 20.4 Å². The summed E-state index contributed by atoms with van der Waals surface area (Å²) in [7, 11) is 1.56. The Hall–Kier alpha value is -3.40. The van der Waals surface area contributed by atoms with Crippen molar-refractivity contribution in [1.82, 2.24) is 31.1 Å². The lowest BCUT2D eigenvalue weighted by molar-refractivity contribution is -0.119. The molecule has 2 aromatic carbocycles. The number of tetrazole rings is 1. The predicted octanol–water partition coefficient (Wildman–Crippen LogP) is 1.53. The summed E-state index contributed by atoms with van der Waals surface area (Å²) in [6.07, 6.45) is 0. The first kappa shape index (κ1) is 19.4. The molecule has 0 saturated heterocycles.